The molecule has 0 unspecified atom stereocenters. The van der Waals surface area contributed by atoms with Crippen LogP contribution in [-0.4, -0.2) is 23.3 Å². The molecule has 0 spiro atoms. The topological polar surface area (TPSA) is 153 Å². The molecular weight excluding hydrogens is 278 g/mol. The van der Waals surface area contributed by atoms with Crippen LogP contribution in [-0.2, 0) is 4.79 Å². The van der Waals surface area contributed by atoms with Crippen molar-refractivity contribution in [1.82, 2.24) is 5.32 Å². The lowest BCUT2D eigenvalue weighted by atomic mass is 9.92. The van der Waals surface area contributed by atoms with E-state index in [0.29, 0.717) is 0 Å². The quantitative estimate of drug-likeness (QED) is 0.332. The van der Waals surface area contributed by atoms with Crippen LogP contribution in [0.25, 0.3) is 0 Å². The summed E-state index contributed by atoms with van der Waals surface area (Å²) in [5.41, 5.74) is 5.82. The Morgan fingerprint density at radius 1 is 1.38 bits per heavy atom. The van der Waals surface area contributed by atoms with Gasteiger partial charge in [-0.15, -0.1) is 0 Å². The Morgan fingerprint density at radius 2 is 2.00 bits per heavy atom. The number of carbonyl (C=O) groups is 2. The fourth-order valence-electron chi connectivity index (χ4n) is 1.52. The summed E-state index contributed by atoms with van der Waals surface area (Å²) >= 11 is 0. The Hall–Kier alpha value is -2.68. The number of rotatable bonds is 6. The minimum absolute atomic E-state index is 0.0156. The highest BCUT2D eigenvalue weighted by atomic mass is 16.6. The molecule has 0 fully saturated rings. The number of hydrazine groups is 1. The van der Waals surface area contributed by atoms with Gasteiger partial charge in [0.15, 0.2) is 0 Å². The summed E-state index contributed by atoms with van der Waals surface area (Å²) < 4.78 is 0. The van der Waals surface area contributed by atoms with Crippen LogP contribution in [0.1, 0.15) is 24.2 Å². The van der Waals surface area contributed by atoms with E-state index in [-0.39, 0.29) is 17.8 Å². The number of hydrogen-bond acceptors (Lipinski definition) is 6. The Balaban J connectivity index is 3.04. The van der Waals surface area contributed by atoms with E-state index in [2.05, 4.69) is 10.7 Å². The summed E-state index contributed by atoms with van der Waals surface area (Å²) in [6.07, 6.45) is 0. The van der Waals surface area contributed by atoms with Crippen molar-refractivity contribution in [2.24, 2.45) is 17.0 Å². The number of nitrogens with one attached hydrogen (secondary N) is 2. The van der Waals surface area contributed by atoms with E-state index in [1.165, 1.54) is 18.2 Å². The second-order valence-electron chi connectivity index (χ2n) is 5.03. The molecule has 1 aromatic rings. The molecular formula is C12H17N5O4. The summed E-state index contributed by atoms with van der Waals surface area (Å²) in [7, 11) is 0. The number of carbonyl (C=O) groups excluding carboxylic acids is 2. The number of nitro groups is 1. The number of amides is 2. The first-order chi connectivity index (χ1) is 9.70. The first-order valence-corrected chi connectivity index (χ1v) is 6.03. The van der Waals surface area contributed by atoms with Gasteiger partial charge in [-0.2, -0.15) is 0 Å². The number of anilines is 1. The molecule has 21 heavy (non-hydrogen) atoms. The van der Waals surface area contributed by atoms with Gasteiger partial charge in [0.05, 0.1) is 10.3 Å². The van der Waals surface area contributed by atoms with Gasteiger partial charge in [-0.05, 0) is 26.0 Å². The van der Waals surface area contributed by atoms with E-state index in [0.717, 1.165) is 0 Å². The molecule has 1 rings (SSSR count). The Labute approximate surface area is 120 Å². The zero-order valence-electron chi connectivity index (χ0n) is 11.7. The molecule has 0 aromatic heterocycles. The molecule has 9 nitrogen and oxygen atoms in total. The predicted molar refractivity (Wildman–Crippen MR) is 76.2 cm³/mol. The molecule has 0 saturated carbocycles. The van der Waals surface area contributed by atoms with E-state index in [1.807, 2.05) is 0 Å². The van der Waals surface area contributed by atoms with E-state index in [4.69, 9.17) is 11.6 Å². The number of nitrogens with two attached hydrogens (primary N) is 2. The van der Waals surface area contributed by atoms with Gasteiger partial charge in [0.25, 0.3) is 5.91 Å². The van der Waals surface area contributed by atoms with Crippen LogP contribution >= 0.6 is 0 Å². The first kappa shape index (κ1) is 16.4. The fourth-order valence-corrected chi connectivity index (χ4v) is 1.52. The predicted octanol–water partition coefficient (Wildman–Crippen LogP) is 0.122. The third-order valence-electron chi connectivity index (χ3n) is 2.98. The number of nitrogen functional groups attached to an aromatic ring is 1. The summed E-state index contributed by atoms with van der Waals surface area (Å²) in [6, 6.07) is 4.13. The number of nitrogens with zero attached hydrogens (tertiary/aromatic N) is 1. The number of benzene rings is 1. The van der Waals surface area contributed by atoms with Crippen LogP contribution in [0.2, 0.25) is 0 Å². The van der Waals surface area contributed by atoms with Crippen molar-refractivity contribution in [3.05, 3.63) is 33.9 Å². The maximum Gasteiger partial charge on any atom is 0.306 e. The number of para-hydroxylation sites is 1. The highest BCUT2D eigenvalue weighted by Gasteiger charge is 2.28. The average molecular weight is 295 g/mol. The summed E-state index contributed by atoms with van der Waals surface area (Å²) in [5.74, 6) is 3.92. The highest BCUT2D eigenvalue weighted by Crippen LogP contribution is 2.27. The van der Waals surface area contributed by atoms with Crippen LogP contribution < -0.4 is 22.3 Å². The Kier molecular flexibility index (Phi) is 4.82. The van der Waals surface area contributed by atoms with Crippen molar-refractivity contribution < 1.29 is 14.5 Å². The molecule has 114 valence electrons. The standard InChI is InChI=1S/C12H17N5O4/c1-12(2,11(13)19)6-15-10(18)7-4-3-5-8(16-14)9(7)17(20)21/h3-5,16H,6,14H2,1-2H3,(H2,13,19)(H,15,18). The average Bonchev–Trinajstić information content (AvgIpc) is 2.43. The highest BCUT2D eigenvalue weighted by molar-refractivity contribution is 6.00. The summed E-state index contributed by atoms with van der Waals surface area (Å²) in [4.78, 5) is 33.6. The summed E-state index contributed by atoms with van der Waals surface area (Å²) in [6.45, 7) is 3.07. The molecule has 6 N–H and O–H groups in total. The molecule has 0 atom stereocenters. The molecule has 0 aliphatic rings. The van der Waals surface area contributed by atoms with Gasteiger partial charge < -0.3 is 16.5 Å². The van der Waals surface area contributed by atoms with Crippen LogP contribution in [0.4, 0.5) is 11.4 Å². The second-order valence-corrected chi connectivity index (χ2v) is 5.03. The van der Waals surface area contributed by atoms with E-state index >= 15 is 0 Å². The smallest absolute Gasteiger partial charge is 0.306 e. The van der Waals surface area contributed by atoms with Crippen molar-refractivity contribution in [2.45, 2.75) is 13.8 Å². The van der Waals surface area contributed by atoms with Gasteiger partial charge in [-0.25, -0.2) is 0 Å². The zero-order chi connectivity index (χ0) is 16.2. The molecule has 0 bridgehead atoms. The van der Waals surface area contributed by atoms with Crippen LogP contribution in [0.3, 0.4) is 0 Å². The SMILES string of the molecule is CC(C)(CNC(=O)c1cccc(NN)c1[N+](=O)[O-])C(N)=O. The van der Waals surface area contributed by atoms with Crippen LogP contribution in [0, 0.1) is 15.5 Å². The molecule has 0 aliphatic carbocycles. The Bertz CT molecular complexity index is 585. The Morgan fingerprint density at radius 3 is 2.48 bits per heavy atom. The molecule has 0 radical (unpaired) electrons. The van der Waals surface area contributed by atoms with Gasteiger partial charge >= 0.3 is 5.69 Å². The molecule has 0 heterocycles. The van der Waals surface area contributed by atoms with E-state index < -0.39 is 27.8 Å². The lowest BCUT2D eigenvalue weighted by molar-refractivity contribution is -0.384. The number of primary amides is 1. The van der Waals surface area contributed by atoms with Crippen molar-refractivity contribution in [3.63, 3.8) is 0 Å². The molecule has 2 amide bonds. The second kappa shape index (κ2) is 6.18. The van der Waals surface area contributed by atoms with Gasteiger partial charge in [0, 0.05) is 6.54 Å². The lowest BCUT2D eigenvalue weighted by Gasteiger charge is -2.20. The molecule has 1 aromatic carbocycles. The monoisotopic (exact) mass is 295 g/mol. The first-order valence-electron chi connectivity index (χ1n) is 6.03. The van der Waals surface area contributed by atoms with E-state index in [9.17, 15) is 19.7 Å². The zero-order valence-corrected chi connectivity index (χ0v) is 11.7. The lowest BCUT2D eigenvalue weighted by Crippen LogP contribution is -2.42. The molecule has 9 heteroatoms. The largest absolute Gasteiger partial charge is 0.369 e. The van der Waals surface area contributed by atoms with Gasteiger partial charge in [-0.3, -0.25) is 25.5 Å². The number of nitro benzene ring substituents is 1. The van der Waals surface area contributed by atoms with Crippen molar-refractivity contribution >= 4 is 23.2 Å². The van der Waals surface area contributed by atoms with Crippen molar-refractivity contribution in [2.75, 3.05) is 12.0 Å². The normalized spacial score (nSPS) is 10.8. The summed E-state index contributed by atoms with van der Waals surface area (Å²) in [5, 5.41) is 13.5. The van der Waals surface area contributed by atoms with Crippen LogP contribution in [0.15, 0.2) is 18.2 Å². The third kappa shape index (κ3) is 3.66. The fraction of sp³-hybridized carbons (Fsp3) is 0.333. The molecule has 0 saturated heterocycles. The van der Waals surface area contributed by atoms with Gasteiger partial charge in [-0.1, -0.05) is 6.07 Å². The maximum atomic E-state index is 12.1. The third-order valence-corrected chi connectivity index (χ3v) is 2.98. The van der Waals surface area contributed by atoms with Crippen molar-refractivity contribution in [1.29, 1.82) is 0 Å². The van der Waals surface area contributed by atoms with Crippen molar-refractivity contribution in [3.8, 4) is 0 Å². The minimum Gasteiger partial charge on any atom is -0.369 e. The maximum absolute atomic E-state index is 12.1. The van der Waals surface area contributed by atoms with E-state index in [1.54, 1.807) is 13.8 Å². The number of hydrogen-bond donors (Lipinski definition) is 4. The van der Waals surface area contributed by atoms with Crippen LogP contribution in [0.5, 0.6) is 0 Å². The van der Waals surface area contributed by atoms with Gasteiger partial charge in [0.1, 0.15) is 11.3 Å². The van der Waals surface area contributed by atoms with Gasteiger partial charge in [0.2, 0.25) is 5.91 Å². The minimum atomic E-state index is -0.964. The molecule has 0 aliphatic heterocycles.